The number of carbonyl (C=O) groups excluding carboxylic acids is 1. The first kappa shape index (κ1) is 17.5. The fourth-order valence-corrected chi connectivity index (χ4v) is 2.99. The predicted molar refractivity (Wildman–Crippen MR) is 104 cm³/mol. The van der Waals surface area contributed by atoms with Crippen LogP contribution >= 0.6 is 0 Å². The maximum absolute atomic E-state index is 13.8. The molecular weight excluding hydrogens is 359 g/mol. The van der Waals surface area contributed by atoms with E-state index in [4.69, 9.17) is 0 Å². The Morgan fingerprint density at radius 3 is 2.71 bits per heavy atom. The topological polar surface area (TPSA) is 76.9 Å². The van der Waals surface area contributed by atoms with Crippen molar-refractivity contribution in [2.45, 2.75) is 6.92 Å². The van der Waals surface area contributed by atoms with E-state index >= 15 is 0 Å². The molecule has 0 bridgehead atoms. The number of nitrogens with zero attached hydrogens (tertiary/aromatic N) is 3. The number of hydrogen-bond acceptors (Lipinski definition) is 4. The zero-order valence-electron chi connectivity index (χ0n) is 14.9. The third-order valence-electron chi connectivity index (χ3n) is 4.29. The van der Waals surface area contributed by atoms with Crippen LogP contribution in [0.5, 0.6) is 0 Å². The van der Waals surface area contributed by atoms with Crippen LogP contribution in [0.3, 0.4) is 0 Å². The highest BCUT2D eigenvalue weighted by atomic mass is 19.1. The van der Waals surface area contributed by atoms with E-state index in [-0.39, 0.29) is 11.1 Å². The normalized spacial score (nSPS) is 10.8. The van der Waals surface area contributed by atoms with Gasteiger partial charge in [0.05, 0.1) is 16.6 Å². The zero-order chi connectivity index (χ0) is 19.7. The van der Waals surface area contributed by atoms with Crippen molar-refractivity contribution in [1.82, 2.24) is 14.5 Å². The van der Waals surface area contributed by atoms with E-state index in [0.29, 0.717) is 28.2 Å². The summed E-state index contributed by atoms with van der Waals surface area (Å²) in [7, 11) is 0. The van der Waals surface area contributed by atoms with E-state index in [2.05, 4.69) is 15.3 Å². The third kappa shape index (κ3) is 3.14. The number of aryl methyl sites for hydroxylation is 1. The van der Waals surface area contributed by atoms with Gasteiger partial charge in [0, 0.05) is 11.9 Å². The highest BCUT2D eigenvalue weighted by molar-refractivity contribution is 6.04. The monoisotopic (exact) mass is 374 g/mol. The Morgan fingerprint density at radius 1 is 1.07 bits per heavy atom. The third-order valence-corrected chi connectivity index (χ3v) is 4.29. The number of carbonyl (C=O) groups is 1. The minimum absolute atomic E-state index is 0.0558. The van der Waals surface area contributed by atoms with Crippen LogP contribution < -0.4 is 10.9 Å². The van der Waals surface area contributed by atoms with Gasteiger partial charge in [0.1, 0.15) is 11.6 Å². The van der Waals surface area contributed by atoms with Gasteiger partial charge in [-0.2, -0.15) is 0 Å². The Bertz CT molecular complexity index is 1270. The predicted octanol–water partition coefficient (Wildman–Crippen LogP) is 3.48. The summed E-state index contributed by atoms with van der Waals surface area (Å²) in [5.41, 5.74) is 1.04. The molecule has 4 rings (SSSR count). The van der Waals surface area contributed by atoms with Crippen molar-refractivity contribution in [2.75, 3.05) is 5.32 Å². The molecule has 7 heteroatoms. The average Bonchev–Trinajstić information content (AvgIpc) is 2.68. The second-order valence-corrected chi connectivity index (χ2v) is 6.16. The first-order valence-corrected chi connectivity index (χ1v) is 8.55. The van der Waals surface area contributed by atoms with Gasteiger partial charge in [-0.3, -0.25) is 14.2 Å². The van der Waals surface area contributed by atoms with Crippen LogP contribution in [0.4, 0.5) is 10.1 Å². The Hall–Kier alpha value is -3.87. The first-order valence-electron chi connectivity index (χ1n) is 8.55. The molecule has 28 heavy (non-hydrogen) atoms. The second-order valence-electron chi connectivity index (χ2n) is 6.16. The van der Waals surface area contributed by atoms with Crippen molar-refractivity contribution in [3.8, 4) is 5.69 Å². The lowest BCUT2D eigenvalue weighted by atomic mass is 10.2. The van der Waals surface area contributed by atoms with Crippen LogP contribution in [0.15, 0.2) is 71.7 Å². The lowest BCUT2D eigenvalue weighted by Gasteiger charge is -2.12. The van der Waals surface area contributed by atoms with Crippen molar-refractivity contribution in [3.05, 3.63) is 94.4 Å². The molecule has 0 atom stereocenters. The molecule has 0 aliphatic heterocycles. The summed E-state index contributed by atoms with van der Waals surface area (Å²) >= 11 is 0. The molecule has 0 unspecified atom stereocenters. The van der Waals surface area contributed by atoms with Crippen LogP contribution in [0.1, 0.15) is 16.2 Å². The summed E-state index contributed by atoms with van der Waals surface area (Å²) in [6, 6.07) is 15.8. The Kier molecular flexibility index (Phi) is 4.41. The highest BCUT2D eigenvalue weighted by Gasteiger charge is 2.13. The summed E-state index contributed by atoms with van der Waals surface area (Å²) in [5, 5.41) is 3.06. The maximum Gasteiger partial charge on any atom is 0.267 e. The number of pyridine rings is 1. The molecule has 4 aromatic rings. The molecule has 0 saturated carbocycles. The Labute approximate surface area is 159 Å². The fraction of sp³-hybridized carbons (Fsp3) is 0.0476. The van der Waals surface area contributed by atoms with Crippen LogP contribution in [0.25, 0.3) is 16.7 Å². The molecule has 0 fully saturated rings. The molecule has 0 saturated heterocycles. The number of hydrogen-bond donors (Lipinski definition) is 1. The lowest BCUT2D eigenvalue weighted by Crippen LogP contribution is -2.23. The van der Waals surface area contributed by atoms with E-state index in [0.717, 1.165) is 0 Å². The Morgan fingerprint density at radius 2 is 1.89 bits per heavy atom. The number of rotatable bonds is 3. The number of amides is 1. The minimum atomic E-state index is -0.602. The molecule has 0 aliphatic carbocycles. The van der Waals surface area contributed by atoms with Gasteiger partial charge in [0.2, 0.25) is 0 Å². The van der Waals surface area contributed by atoms with Crippen LogP contribution in [-0.2, 0) is 0 Å². The van der Waals surface area contributed by atoms with Crippen LogP contribution in [-0.4, -0.2) is 20.4 Å². The van der Waals surface area contributed by atoms with Crippen molar-refractivity contribution >= 4 is 22.6 Å². The van der Waals surface area contributed by atoms with E-state index in [1.165, 1.54) is 22.8 Å². The van der Waals surface area contributed by atoms with Gasteiger partial charge < -0.3 is 5.32 Å². The summed E-state index contributed by atoms with van der Waals surface area (Å²) < 4.78 is 15.3. The van der Waals surface area contributed by atoms with Crippen molar-refractivity contribution < 1.29 is 9.18 Å². The molecule has 0 radical (unpaired) electrons. The largest absolute Gasteiger partial charge is 0.322 e. The lowest BCUT2D eigenvalue weighted by molar-refractivity contribution is 0.102. The number of aromatic nitrogens is 3. The smallest absolute Gasteiger partial charge is 0.267 e. The van der Waals surface area contributed by atoms with E-state index in [9.17, 15) is 14.0 Å². The SMILES string of the molecule is Cc1nc2ncccc2c(=O)n1-c1cccc(NC(=O)c2ccccc2F)c1. The number of fused-ring (bicyclic) bond motifs is 1. The van der Waals surface area contributed by atoms with E-state index in [1.807, 2.05) is 0 Å². The van der Waals surface area contributed by atoms with Crippen LogP contribution in [0.2, 0.25) is 0 Å². The molecule has 1 amide bonds. The standard InChI is InChI=1S/C21H15FN4O2/c1-13-24-19-17(9-5-11-23-19)21(28)26(13)15-7-4-6-14(12-15)25-20(27)16-8-2-3-10-18(16)22/h2-12H,1H3,(H,25,27). The number of anilines is 1. The van der Waals surface area contributed by atoms with Gasteiger partial charge in [0.25, 0.3) is 11.5 Å². The van der Waals surface area contributed by atoms with Gasteiger partial charge in [-0.25, -0.2) is 14.4 Å². The molecule has 2 aromatic carbocycles. The van der Waals surface area contributed by atoms with Crippen molar-refractivity contribution in [1.29, 1.82) is 0 Å². The molecule has 2 heterocycles. The molecule has 138 valence electrons. The summed E-state index contributed by atoms with van der Waals surface area (Å²) in [6.07, 6.45) is 1.58. The molecule has 1 N–H and O–H groups in total. The fourth-order valence-electron chi connectivity index (χ4n) is 2.99. The summed E-state index contributed by atoms with van der Waals surface area (Å²) in [6.45, 7) is 1.71. The quantitative estimate of drug-likeness (QED) is 0.596. The molecule has 2 aromatic heterocycles. The van der Waals surface area contributed by atoms with Gasteiger partial charge in [-0.1, -0.05) is 18.2 Å². The Balaban J connectivity index is 1.74. The molecule has 6 nitrogen and oxygen atoms in total. The summed E-state index contributed by atoms with van der Waals surface area (Å²) in [4.78, 5) is 33.7. The first-order chi connectivity index (χ1) is 13.5. The number of nitrogens with one attached hydrogen (secondary N) is 1. The molecular formula is C21H15FN4O2. The minimum Gasteiger partial charge on any atom is -0.322 e. The van der Waals surface area contributed by atoms with Crippen molar-refractivity contribution in [2.24, 2.45) is 0 Å². The highest BCUT2D eigenvalue weighted by Crippen LogP contribution is 2.17. The molecule has 0 aliphatic rings. The van der Waals surface area contributed by atoms with Gasteiger partial charge in [-0.15, -0.1) is 0 Å². The number of halogens is 1. The van der Waals surface area contributed by atoms with E-state index in [1.54, 1.807) is 55.6 Å². The average molecular weight is 374 g/mol. The van der Waals surface area contributed by atoms with Gasteiger partial charge in [0.15, 0.2) is 5.65 Å². The van der Waals surface area contributed by atoms with Crippen molar-refractivity contribution in [3.63, 3.8) is 0 Å². The van der Waals surface area contributed by atoms with Gasteiger partial charge >= 0.3 is 0 Å². The molecule has 0 spiro atoms. The zero-order valence-corrected chi connectivity index (χ0v) is 14.9. The van der Waals surface area contributed by atoms with E-state index < -0.39 is 11.7 Å². The second kappa shape index (κ2) is 7.03. The van der Waals surface area contributed by atoms with Gasteiger partial charge in [-0.05, 0) is 49.4 Å². The van der Waals surface area contributed by atoms with Crippen LogP contribution in [0, 0.1) is 12.7 Å². The summed E-state index contributed by atoms with van der Waals surface area (Å²) in [5.74, 6) is -0.705. The maximum atomic E-state index is 13.8. The number of benzene rings is 2.